The molecule has 0 saturated heterocycles. The second kappa shape index (κ2) is 9.88. The molecule has 2 aromatic carbocycles. The third-order valence-corrected chi connectivity index (χ3v) is 8.77. The van der Waals surface area contributed by atoms with Gasteiger partial charge in [0.1, 0.15) is 0 Å². The fourth-order valence-corrected chi connectivity index (χ4v) is 6.70. The minimum Gasteiger partial charge on any atom is -0.481 e. The molecule has 0 radical (unpaired) electrons. The molecule has 0 unspecified atom stereocenters. The summed E-state index contributed by atoms with van der Waals surface area (Å²) >= 11 is 0. The number of amides is 1. The number of carboxylic acid groups (broad SMARTS) is 1. The Morgan fingerprint density at radius 1 is 1.06 bits per heavy atom. The van der Waals surface area contributed by atoms with Crippen LogP contribution in [0.4, 0.5) is 0 Å². The van der Waals surface area contributed by atoms with Gasteiger partial charge >= 0.3 is 5.97 Å². The molecule has 8 heteroatoms. The Kier molecular flexibility index (Phi) is 7.09. The molecule has 1 amide bonds. The molecule has 4 rings (SSSR count). The van der Waals surface area contributed by atoms with Gasteiger partial charge in [-0.05, 0) is 55.9 Å². The molecule has 2 aliphatic rings. The Labute approximate surface area is 201 Å². The molecular formula is C26H32N2O5S. The summed E-state index contributed by atoms with van der Waals surface area (Å²) in [6, 6.07) is 12.5. The first-order valence-electron chi connectivity index (χ1n) is 11.9. The van der Waals surface area contributed by atoms with Crippen molar-refractivity contribution in [1.29, 1.82) is 0 Å². The molecular weight excluding hydrogens is 452 g/mol. The van der Waals surface area contributed by atoms with E-state index in [1.165, 1.54) is 0 Å². The highest BCUT2D eigenvalue weighted by atomic mass is 32.2. The lowest BCUT2D eigenvalue weighted by atomic mass is 9.77. The third kappa shape index (κ3) is 4.88. The Hall–Kier alpha value is -2.71. The maximum Gasteiger partial charge on any atom is 0.307 e. The summed E-state index contributed by atoms with van der Waals surface area (Å²) in [5.74, 6) is -2.37. The van der Waals surface area contributed by atoms with E-state index in [4.69, 9.17) is 0 Å². The van der Waals surface area contributed by atoms with Crippen molar-refractivity contribution in [2.45, 2.75) is 56.9 Å². The minimum absolute atomic E-state index is 0.0306. The van der Waals surface area contributed by atoms with Gasteiger partial charge in [-0.2, -0.15) is 0 Å². The summed E-state index contributed by atoms with van der Waals surface area (Å²) in [5, 5.41) is 9.70. The Morgan fingerprint density at radius 2 is 1.76 bits per heavy atom. The number of carboxylic acids is 1. The van der Waals surface area contributed by atoms with Crippen LogP contribution in [0.25, 0.3) is 0 Å². The van der Waals surface area contributed by atoms with Gasteiger partial charge in [0.15, 0.2) is 0 Å². The van der Waals surface area contributed by atoms with E-state index in [-0.39, 0.29) is 17.3 Å². The van der Waals surface area contributed by atoms with Crippen molar-refractivity contribution < 1.29 is 23.1 Å². The average Bonchev–Trinajstić information content (AvgIpc) is 2.81. The zero-order valence-corrected chi connectivity index (χ0v) is 20.5. The molecule has 0 spiro atoms. The second-order valence-electron chi connectivity index (χ2n) is 9.45. The number of carbonyl (C=O) groups excluding carboxylic acids is 1. The number of aryl methyl sites for hydroxylation is 2. The van der Waals surface area contributed by atoms with Gasteiger partial charge < -0.3 is 10.0 Å². The average molecular weight is 485 g/mol. The molecule has 1 saturated carbocycles. The van der Waals surface area contributed by atoms with E-state index < -0.39 is 33.9 Å². The Bertz CT molecular complexity index is 1190. The first-order valence-corrected chi connectivity index (χ1v) is 13.4. The van der Waals surface area contributed by atoms with Gasteiger partial charge in [0.05, 0.1) is 22.8 Å². The van der Waals surface area contributed by atoms with Crippen LogP contribution in [0.5, 0.6) is 0 Å². The molecule has 1 fully saturated rings. The maximum atomic E-state index is 13.7. The number of hydrogen-bond donors (Lipinski definition) is 2. The van der Waals surface area contributed by atoms with Crippen LogP contribution in [-0.4, -0.2) is 43.4 Å². The molecule has 0 aromatic heterocycles. The van der Waals surface area contributed by atoms with Crippen LogP contribution in [0.15, 0.2) is 47.4 Å². The van der Waals surface area contributed by atoms with Crippen LogP contribution in [0.1, 0.15) is 54.0 Å². The lowest BCUT2D eigenvalue weighted by Crippen LogP contribution is -2.49. The van der Waals surface area contributed by atoms with Crippen molar-refractivity contribution >= 4 is 21.9 Å². The fourth-order valence-electron chi connectivity index (χ4n) is 5.44. The van der Waals surface area contributed by atoms with Gasteiger partial charge in [-0.3, -0.25) is 9.59 Å². The van der Waals surface area contributed by atoms with Crippen LogP contribution >= 0.6 is 0 Å². The zero-order chi connectivity index (χ0) is 24.5. The zero-order valence-electron chi connectivity index (χ0n) is 19.7. The Morgan fingerprint density at radius 3 is 2.47 bits per heavy atom. The van der Waals surface area contributed by atoms with Crippen LogP contribution in [0, 0.1) is 25.7 Å². The van der Waals surface area contributed by atoms with Crippen LogP contribution in [-0.2, 0) is 26.0 Å². The van der Waals surface area contributed by atoms with Crippen molar-refractivity contribution in [3.8, 4) is 0 Å². The molecule has 3 atom stereocenters. The van der Waals surface area contributed by atoms with Gasteiger partial charge in [0.25, 0.3) is 0 Å². The third-order valence-electron chi connectivity index (χ3n) is 7.18. The summed E-state index contributed by atoms with van der Waals surface area (Å²) in [4.78, 5) is 27.4. The normalized spacial score (nSPS) is 22.8. The fraction of sp³-hybridized carbons (Fsp3) is 0.462. The van der Waals surface area contributed by atoms with Gasteiger partial charge in [-0.1, -0.05) is 54.8 Å². The van der Waals surface area contributed by atoms with E-state index in [1.54, 1.807) is 24.0 Å². The molecule has 1 aliphatic heterocycles. The molecule has 2 aromatic rings. The second-order valence-corrected chi connectivity index (χ2v) is 11.2. The summed E-state index contributed by atoms with van der Waals surface area (Å²) in [5.41, 5.74) is 3.64. The maximum absolute atomic E-state index is 13.7. The van der Waals surface area contributed by atoms with Gasteiger partial charge in [-0.25, -0.2) is 13.1 Å². The van der Waals surface area contributed by atoms with Gasteiger partial charge in [0.2, 0.25) is 15.9 Å². The van der Waals surface area contributed by atoms with Crippen molar-refractivity contribution in [3.05, 3.63) is 64.7 Å². The smallest absolute Gasteiger partial charge is 0.307 e. The number of carbonyl (C=O) groups is 2. The molecule has 7 nitrogen and oxygen atoms in total. The number of aliphatic carboxylic acids is 1. The van der Waals surface area contributed by atoms with Crippen molar-refractivity contribution in [3.63, 3.8) is 0 Å². The number of nitrogens with one attached hydrogen (secondary N) is 1. The molecule has 1 heterocycles. The highest BCUT2D eigenvalue weighted by molar-refractivity contribution is 7.89. The largest absolute Gasteiger partial charge is 0.481 e. The van der Waals surface area contributed by atoms with Crippen molar-refractivity contribution in [2.75, 3.05) is 13.1 Å². The van der Waals surface area contributed by atoms with E-state index in [1.807, 2.05) is 37.3 Å². The van der Waals surface area contributed by atoms with E-state index in [0.29, 0.717) is 31.4 Å². The van der Waals surface area contributed by atoms with E-state index in [9.17, 15) is 23.1 Å². The van der Waals surface area contributed by atoms with Crippen LogP contribution < -0.4 is 4.72 Å². The summed E-state index contributed by atoms with van der Waals surface area (Å²) in [6.45, 7) is 4.15. The number of hydrogen-bond acceptors (Lipinski definition) is 4. The molecule has 0 bridgehead atoms. The SMILES string of the molecule is Cc1ccc(S(=O)(=O)NC[C@@H]2c3ccccc3CCN2C(=O)[C@@H]2CCCC[C@@H]2C(=O)O)c(C)c1. The molecule has 1 aliphatic carbocycles. The predicted molar refractivity (Wildman–Crippen MR) is 129 cm³/mol. The highest BCUT2D eigenvalue weighted by Gasteiger charge is 2.41. The van der Waals surface area contributed by atoms with E-state index in [0.717, 1.165) is 29.5 Å². The van der Waals surface area contributed by atoms with Crippen molar-refractivity contribution in [1.82, 2.24) is 9.62 Å². The lowest BCUT2D eigenvalue weighted by molar-refractivity contribution is -0.153. The van der Waals surface area contributed by atoms with E-state index in [2.05, 4.69) is 4.72 Å². The topological polar surface area (TPSA) is 104 Å². The van der Waals surface area contributed by atoms with Crippen molar-refractivity contribution in [2.24, 2.45) is 11.8 Å². The molecule has 182 valence electrons. The standard InChI is InChI=1S/C26H32N2O5S/c1-17-11-12-24(18(2)15-17)34(32,33)27-16-23-20-8-4-3-7-19(20)13-14-28(23)25(29)21-9-5-6-10-22(21)26(30)31/h3-4,7-8,11-12,15,21-23,27H,5-6,9-10,13-14,16H2,1-2H3,(H,30,31)/t21-,22+,23-/m1/s1. The number of benzene rings is 2. The molecule has 34 heavy (non-hydrogen) atoms. The van der Waals surface area contributed by atoms with Crippen LogP contribution in [0.3, 0.4) is 0 Å². The summed E-state index contributed by atoms with van der Waals surface area (Å²) in [6.07, 6.45) is 3.35. The number of sulfonamides is 1. The quantitative estimate of drug-likeness (QED) is 0.652. The monoisotopic (exact) mass is 484 g/mol. The van der Waals surface area contributed by atoms with Gasteiger partial charge in [-0.15, -0.1) is 0 Å². The first kappa shape index (κ1) is 24.4. The first-order chi connectivity index (χ1) is 16.2. The number of fused-ring (bicyclic) bond motifs is 1. The minimum atomic E-state index is -3.79. The highest BCUT2D eigenvalue weighted by Crippen LogP contribution is 2.36. The van der Waals surface area contributed by atoms with Crippen LogP contribution in [0.2, 0.25) is 0 Å². The predicted octanol–water partition coefficient (Wildman–Crippen LogP) is 3.60. The number of rotatable bonds is 6. The van der Waals surface area contributed by atoms with Gasteiger partial charge in [0, 0.05) is 13.1 Å². The summed E-state index contributed by atoms with van der Waals surface area (Å²) in [7, 11) is -3.79. The van der Waals surface area contributed by atoms with E-state index >= 15 is 0 Å². The molecule has 2 N–H and O–H groups in total. The summed E-state index contributed by atoms with van der Waals surface area (Å²) < 4.78 is 29.0. The Balaban J connectivity index is 1.63. The number of nitrogens with zero attached hydrogens (tertiary/aromatic N) is 1. The lowest BCUT2D eigenvalue weighted by Gasteiger charge is -2.41.